The van der Waals surface area contributed by atoms with E-state index in [2.05, 4.69) is 0 Å². The lowest BCUT2D eigenvalue weighted by molar-refractivity contribution is 0.471. The third kappa shape index (κ3) is 1.08. The smallest absolute Gasteiger partial charge is 0.211 e. The maximum Gasteiger partial charge on any atom is 0.211 e. The van der Waals surface area contributed by atoms with Crippen molar-refractivity contribution in [3.8, 4) is 11.5 Å². The van der Waals surface area contributed by atoms with E-state index >= 15 is 0 Å². The summed E-state index contributed by atoms with van der Waals surface area (Å²) in [7, 11) is 0. The van der Waals surface area contributed by atoms with Gasteiger partial charge in [-0.15, -0.1) is 0 Å². The summed E-state index contributed by atoms with van der Waals surface area (Å²) in [5.41, 5.74) is 1.86. The molecular weight excluding hydrogens is 176 g/mol. The van der Waals surface area contributed by atoms with Gasteiger partial charge in [-0.1, -0.05) is 0 Å². The maximum absolute atomic E-state index is 11.0. The Hall–Kier alpha value is -1.03. The number of phenols is 1. The van der Waals surface area contributed by atoms with Crippen molar-refractivity contribution in [3.05, 3.63) is 23.3 Å². The summed E-state index contributed by atoms with van der Waals surface area (Å²) < 4.78 is 16.0. The van der Waals surface area contributed by atoms with Gasteiger partial charge in [0.1, 0.15) is 11.5 Å². The monoisotopic (exact) mass is 184 g/mol. The average Bonchev–Trinajstić information content (AvgIpc) is 2.29. The number of aromatic hydroxyl groups is 1. The van der Waals surface area contributed by atoms with Crippen molar-refractivity contribution in [2.24, 2.45) is 0 Å². The second kappa shape index (κ2) is 2.48. The highest BCUT2D eigenvalue weighted by Crippen LogP contribution is 2.33. The molecule has 1 unspecified atom stereocenters. The van der Waals surface area contributed by atoms with Gasteiger partial charge in [-0.3, -0.25) is 0 Å². The molecule has 1 aliphatic heterocycles. The molecule has 0 saturated carbocycles. The van der Waals surface area contributed by atoms with Gasteiger partial charge in [0.05, 0.1) is 5.75 Å². The molecule has 1 atom stereocenters. The summed E-state index contributed by atoms with van der Waals surface area (Å²) in [6.07, 6.45) is 0. The zero-order valence-corrected chi connectivity index (χ0v) is 7.35. The number of aryl methyl sites for hydroxylation is 1. The first kappa shape index (κ1) is 7.61. The van der Waals surface area contributed by atoms with Crippen LogP contribution in [-0.4, -0.2) is 9.32 Å². The van der Waals surface area contributed by atoms with Crippen LogP contribution in [0, 0.1) is 6.92 Å². The zero-order valence-electron chi connectivity index (χ0n) is 6.53. The van der Waals surface area contributed by atoms with Crippen LogP contribution in [0.3, 0.4) is 0 Å². The fraction of sp³-hybridized carbons (Fsp3) is 0.250. The molecule has 0 aliphatic carbocycles. The van der Waals surface area contributed by atoms with Crippen LogP contribution >= 0.6 is 0 Å². The molecule has 0 aromatic heterocycles. The molecule has 1 N–H and O–H groups in total. The van der Waals surface area contributed by atoms with E-state index in [4.69, 9.17) is 4.18 Å². The molecule has 0 fully saturated rings. The number of hydrogen-bond acceptors (Lipinski definition) is 3. The highest BCUT2D eigenvalue weighted by atomic mass is 32.2. The van der Waals surface area contributed by atoms with Gasteiger partial charge in [0.25, 0.3) is 0 Å². The fourth-order valence-corrected chi connectivity index (χ4v) is 2.29. The lowest BCUT2D eigenvalue weighted by atomic mass is 10.1. The Labute approximate surface area is 72.6 Å². The number of hydrogen-bond donors (Lipinski definition) is 1. The third-order valence-electron chi connectivity index (χ3n) is 1.86. The number of rotatable bonds is 0. The lowest BCUT2D eigenvalue weighted by Crippen LogP contribution is -1.90. The van der Waals surface area contributed by atoms with Crippen LogP contribution in [-0.2, 0) is 16.8 Å². The Balaban J connectivity index is 2.59. The minimum Gasteiger partial charge on any atom is -0.508 e. The van der Waals surface area contributed by atoms with E-state index < -0.39 is 11.1 Å². The maximum atomic E-state index is 11.0. The molecule has 1 aromatic rings. The predicted molar refractivity (Wildman–Crippen MR) is 45.3 cm³/mol. The van der Waals surface area contributed by atoms with Crippen LogP contribution < -0.4 is 4.18 Å². The van der Waals surface area contributed by atoms with Gasteiger partial charge < -0.3 is 9.29 Å². The second-order valence-corrected chi connectivity index (χ2v) is 3.83. The Kier molecular flexibility index (Phi) is 1.58. The van der Waals surface area contributed by atoms with E-state index in [-0.39, 0.29) is 5.75 Å². The van der Waals surface area contributed by atoms with E-state index in [0.29, 0.717) is 11.5 Å². The highest BCUT2D eigenvalue weighted by Gasteiger charge is 2.21. The van der Waals surface area contributed by atoms with Crippen molar-refractivity contribution in [2.75, 3.05) is 0 Å². The zero-order chi connectivity index (χ0) is 8.72. The first-order valence-corrected chi connectivity index (χ1v) is 4.80. The fourth-order valence-electron chi connectivity index (χ4n) is 1.27. The molecule has 1 aliphatic rings. The van der Waals surface area contributed by atoms with Gasteiger partial charge in [0.2, 0.25) is 11.1 Å². The molecule has 0 saturated heterocycles. The molecule has 1 heterocycles. The van der Waals surface area contributed by atoms with Crippen molar-refractivity contribution in [1.29, 1.82) is 0 Å². The van der Waals surface area contributed by atoms with Crippen LogP contribution in [0.15, 0.2) is 12.1 Å². The van der Waals surface area contributed by atoms with E-state index in [1.54, 1.807) is 6.07 Å². The Bertz CT molecular complexity index is 360. The Morgan fingerprint density at radius 1 is 1.58 bits per heavy atom. The minimum atomic E-state index is -1.25. The van der Waals surface area contributed by atoms with Crippen LogP contribution in [0.4, 0.5) is 0 Å². The van der Waals surface area contributed by atoms with Crippen molar-refractivity contribution < 1.29 is 13.5 Å². The number of benzene rings is 1. The van der Waals surface area contributed by atoms with Gasteiger partial charge in [0.15, 0.2) is 0 Å². The Morgan fingerprint density at radius 3 is 3.08 bits per heavy atom. The molecular formula is C8H8O3S. The van der Waals surface area contributed by atoms with Gasteiger partial charge in [-0.2, -0.15) is 0 Å². The lowest BCUT2D eigenvalue weighted by Gasteiger charge is -2.00. The number of fused-ring (bicyclic) bond motifs is 1. The van der Waals surface area contributed by atoms with E-state index in [9.17, 15) is 9.32 Å². The molecule has 0 radical (unpaired) electrons. The first-order chi connectivity index (χ1) is 5.66. The molecule has 0 amide bonds. The molecule has 1 aromatic carbocycles. The van der Waals surface area contributed by atoms with Crippen molar-refractivity contribution >= 4 is 11.1 Å². The van der Waals surface area contributed by atoms with Crippen molar-refractivity contribution in [1.82, 2.24) is 0 Å². The first-order valence-electron chi connectivity index (χ1n) is 3.56. The standard InChI is InChI=1S/C8H8O3S/c1-5-2-6(9)3-8-7(5)4-12(10)11-8/h2-3,9H,4H2,1H3. The summed E-state index contributed by atoms with van der Waals surface area (Å²) in [4.78, 5) is 0. The molecule has 3 nitrogen and oxygen atoms in total. The van der Waals surface area contributed by atoms with E-state index in [0.717, 1.165) is 11.1 Å². The summed E-state index contributed by atoms with van der Waals surface area (Å²) in [6.45, 7) is 1.87. The van der Waals surface area contributed by atoms with Crippen LogP contribution in [0.2, 0.25) is 0 Å². The largest absolute Gasteiger partial charge is 0.508 e. The molecule has 4 heteroatoms. The summed E-state index contributed by atoms with van der Waals surface area (Å²) in [6, 6.07) is 3.14. The average molecular weight is 184 g/mol. The van der Waals surface area contributed by atoms with Gasteiger partial charge in [0, 0.05) is 11.6 Å². The van der Waals surface area contributed by atoms with Crippen molar-refractivity contribution in [3.63, 3.8) is 0 Å². The summed E-state index contributed by atoms with van der Waals surface area (Å²) in [5.74, 6) is 1.14. The number of phenolic OH excluding ortho intramolecular Hbond substituents is 1. The van der Waals surface area contributed by atoms with Gasteiger partial charge in [-0.25, -0.2) is 4.21 Å². The van der Waals surface area contributed by atoms with Gasteiger partial charge >= 0.3 is 0 Å². The summed E-state index contributed by atoms with van der Waals surface area (Å²) in [5, 5.41) is 9.18. The minimum absolute atomic E-state index is 0.158. The normalized spacial score (nSPS) is 20.2. The topological polar surface area (TPSA) is 46.5 Å². The molecule has 2 rings (SSSR count). The molecule has 0 spiro atoms. The SMILES string of the molecule is Cc1cc(O)cc2c1CS(=O)O2. The Morgan fingerprint density at radius 2 is 2.33 bits per heavy atom. The molecule has 64 valence electrons. The predicted octanol–water partition coefficient (Wildman–Crippen LogP) is 1.26. The van der Waals surface area contributed by atoms with Gasteiger partial charge in [-0.05, 0) is 18.6 Å². The van der Waals surface area contributed by atoms with Crippen molar-refractivity contribution in [2.45, 2.75) is 12.7 Å². The third-order valence-corrected chi connectivity index (χ3v) is 2.75. The van der Waals surface area contributed by atoms with Crippen LogP contribution in [0.25, 0.3) is 0 Å². The van der Waals surface area contributed by atoms with Crippen LogP contribution in [0.1, 0.15) is 11.1 Å². The quantitative estimate of drug-likeness (QED) is 0.660. The molecule has 0 bridgehead atoms. The second-order valence-electron chi connectivity index (χ2n) is 2.77. The molecule has 12 heavy (non-hydrogen) atoms. The van der Waals surface area contributed by atoms with Crippen LogP contribution in [0.5, 0.6) is 11.5 Å². The highest BCUT2D eigenvalue weighted by molar-refractivity contribution is 7.80. The van der Waals surface area contributed by atoms with E-state index in [1.807, 2.05) is 6.92 Å². The summed E-state index contributed by atoms with van der Waals surface area (Å²) >= 11 is -1.25. The van der Waals surface area contributed by atoms with E-state index in [1.165, 1.54) is 6.07 Å².